The van der Waals surface area contributed by atoms with E-state index in [4.69, 9.17) is 4.74 Å². The van der Waals surface area contributed by atoms with Gasteiger partial charge in [-0.05, 0) is 43.2 Å². The van der Waals surface area contributed by atoms with Crippen molar-refractivity contribution in [3.05, 3.63) is 46.5 Å². The van der Waals surface area contributed by atoms with Gasteiger partial charge in [0.1, 0.15) is 17.9 Å². The van der Waals surface area contributed by atoms with E-state index >= 15 is 0 Å². The summed E-state index contributed by atoms with van der Waals surface area (Å²) < 4.78 is 5.08. The van der Waals surface area contributed by atoms with E-state index in [0.29, 0.717) is 18.4 Å². The Bertz CT molecular complexity index is 806. The summed E-state index contributed by atoms with van der Waals surface area (Å²) >= 11 is 0. The topological polar surface area (TPSA) is 83.8 Å². The number of phenols is 1. The summed E-state index contributed by atoms with van der Waals surface area (Å²) in [5.74, 6) is -1.64. The Morgan fingerprint density at radius 3 is 2.74 bits per heavy atom. The Labute approximate surface area is 159 Å². The van der Waals surface area contributed by atoms with Gasteiger partial charge in [-0.1, -0.05) is 44.1 Å². The number of carbonyl (C=O) groups excluding carboxylic acids is 1. The van der Waals surface area contributed by atoms with E-state index < -0.39 is 11.9 Å². The lowest BCUT2D eigenvalue weighted by molar-refractivity contribution is -0.143. The second-order valence-electron chi connectivity index (χ2n) is 7.38. The molecule has 1 fully saturated rings. The van der Waals surface area contributed by atoms with Crippen LogP contribution < -0.4 is 0 Å². The van der Waals surface area contributed by atoms with Crippen molar-refractivity contribution in [3.8, 4) is 5.75 Å². The number of hydrogen-bond acceptors (Lipinski definition) is 4. The molecule has 0 radical (unpaired) electrons. The van der Waals surface area contributed by atoms with Gasteiger partial charge in [0.05, 0.1) is 5.92 Å². The van der Waals surface area contributed by atoms with Gasteiger partial charge in [-0.3, -0.25) is 4.79 Å². The van der Waals surface area contributed by atoms with E-state index in [9.17, 15) is 19.8 Å². The molecular weight excluding hydrogens is 344 g/mol. The lowest BCUT2D eigenvalue weighted by atomic mass is 9.86. The average Bonchev–Trinajstić information content (AvgIpc) is 2.87. The zero-order valence-electron chi connectivity index (χ0n) is 15.7. The monoisotopic (exact) mass is 370 g/mol. The maximum atomic E-state index is 12.0. The van der Waals surface area contributed by atoms with Crippen LogP contribution in [0.5, 0.6) is 5.75 Å². The molecule has 2 N–H and O–H groups in total. The molecule has 0 aromatic heterocycles. The second kappa shape index (κ2) is 7.99. The molecule has 0 amide bonds. The van der Waals surface area contributed by atoms with Crippen LogP contribution in [0.25, 0.3) is 6.08 Å². The van der Waals surface area contributed by atoms with Crippen molar-refractivity contribution in [3.63, 3.8) is 0 Å². The molecule has 3 rings (SSSR count). The molecule has 1 aromatic rings. The Hall–Kier alpha value is -2.56. The first-order chi connectivity index (χ1) is 13.0. The number of rotatable bonds is 5. The summed E-state index contributed by atoms with van der Waals surface area (Å²) in [5.41, 5.74) is 3.31. The van der Waals surface area contributed by atoms with E-state index in [-0.39, 0.29) is 29.8 Å². The SMILES string of the molecule is C=Cc1c(C)c2c(c(O)c1CC=CC1CCCCCC1C(=O)O)C(=O)OC2. The average molecular weight is 370 g/mol. The highest BCUT2D eigenvalue weighted by Crippen LogP contribution is 2.38. The van der Waals surface area contributed by atoms with Crippen molar-refractivity contribution in [1.29, 1.82) is 0 Å². The van der Waals surface area contributed by atoms with Crippen LogP contribution in [-0.2, 0) is 22.6 Å². The van der Waals surface area contributed by atoms with Crippen molar-refractivity contribution < 1.29 is 24.5 Å². The third kappa shape index (κ3) is 3.64. The zero-order valence-corrected chi connectivity index (χ0v) is 15.7. The molecule has 1 aliphatic heterocycles. The highest BCUT2D eigenvalue weighted by Gasteiger charge is 2.31. The number of hydrogen-bond donors (Lipinski definition) is 2. The number of carbonyl (C=O) groups is 2. The molecule has 1 aliphatic carbocycles. The number of aliphatic carboxylic acids is 1. The number of phenolic OH excluding ortho intramolecular Hbond substituents is 1. The second-order valence-corrected chi connectivity index (χ2v) is 7.38. The lowest BCUT2D eigenvalue weighted by Gasteiger charge is -2.18. The summed E-state index contributed by atoms with van der Waals surface area (Å²) in [6.45, 7) is 5.92. The van der Waals surface area contributed by atoms with E-state index in [1.165, 1.54) is 0 Å². The fraction of sp³-hybridized carbons (Fsp3) is 0.455. The lowest BCUT2D eigenvalue weighted by Crippen LogP contribution is -2.21. The van der Waals surface area contributed by atoms with Gasteiger partial charge >= 0.3 is 11.9 Å². The number of benzene rings is 1. The summed E-state index contributed by atoms with van der Waals surface area (Å²) in [6, 6.07) is 0. The molecule has 0 bridgehead atoms. The highest BCUT2D eigenvalue weighted by atomic mass is 16.5. The first kappa shape index (κ1) is 19.2. The van der Waals surface area contributed by atoms with Gasteiger partial charge in [0, 0.05) is 11.1 Å². The van der Waals surface area contributed by atoms with E-state index in [1.54, 1.807) is 6.08 Å². The van der Waals surface area contributed by atoms with Crippen LogP contribution in [0.3, 0.4) is 0 Å². The van der Waals surface area contributed by atoms with Gasteiger partial charge in [0.2, 0.25) is 0 Å². The molecular formula is C22H26O5. The molecule has 27 heavy (non-hydrogen) atoms. The number of aromatic hydroxyl groups is 1. The van der Waals surface area contributed by atoms with Gasteiger partial charge in [0.25, 0.3) is 0 Å². The van der Waals surface area contributed by atoms with E-state index in [1.807, 2.05) is 19.1 Å². The van der Waals surface area contributed by atoms with Crippen molar-refractivity contribution in [2.75, 3.05) is 0 Å². The Balaban J connectivity index is 1.89. The fourth-order valence-corrected chi connectivity index (χ4v) is 4.32. The summed E-state index contributed by atoms with van der Waals surface area (Å²) in [5, 5.41) is 20.2. The van der Waals surface area contributed by atoms with Crippen molar-refractivity contribution in [1.82, 2.24) is 0 Å². The van der Waals surface area contributed by atoms with Crippen LogP contribution in [0.2, 0.25) is 0 Å². The molecule has 5 nitrogen and oxygen atoms in total. The standard InChI is InChI=1S/C22H26O5/c1-3-15-13(2)18-12-27-22(26)19(18)20(23)17(15)11-7-9-14-8-5-4-6-10-16(14)21(24)25/h3,7,9,14,16,23H,1,4-6,8,10-12H2,2H3,(H,24,25). The van der Waals surface area contributed by atoms with Gasteiger partial charge < -0.3 is 14.9 Å². The Morgan fingerprint density at radius 1 is 1.30 bits per heavy atom. The van der Waals surface area contributed by atoms with Crippen LogP contribution in [-0.4, -0.2) is 22.2 Å². The molecule has 0 saturated heterocycles. The molecule has 1 heterocycles. The maximum Gasteiger partial charge on any atom is 0.342 e. The normalized spacial score (nSPS) is 22.3. The van der Waals surface area contributed by atoms with Gasteiger partial charge in [-0.25, -0.2) is 4.79 Å². The Kier molecular flexibility index (Phi) is 5.68. The molecule has 5 heteroatoms. The molecule has 2 atom stereocenters. The third-order valence-electron chi connectivity index (χ3n) is 5.85. The zero-order chi connectivity index (χ0) is 19.6. The number of carboxylic acid groups (broad SMARTS) is 1. The van der Waals surface area contributed by atoms with Crippen LogP contribution in [0.15, 0.2) is 18.7 Å². The van der Waals surface area contributed by atoms with Crippen molar-refractivity contribution >= 4 is 18.0 Å². The molecule has 144 valence electrons. The molecule has 0 spiro atoms. The number of cyclic esters (lactones) is 1. The van der Waals surface area contributed by atoms with Gasteiger partial charge in [0.15, 0.2) is 0 Å². The fourth-order valence-electron chi connectivity index (χ4n) is 4.32. The van der Waals surface area contributed by atoms with Gasteiger partial charge in [-0.2, -0.15) is 0 Å². The predicted molar refractivity (Wildman–Crippen MR) is 103 cm³/mol. The maximum absolute atomic E-state index is 12.0. The minimum atomic E-state index is -0.739. The molecule has 2 unspecified atom stereocenters. The number of carboxylic acids is 1. The van der Waals surface area contributed by atoms with Crippen molar-refractivity contribution in [2.24, 2.45) is 11.8 Å². The van der Waals surface area contributed by atoms with Crippen LogP contribution in [0.4, 0.5) is 0 Å². The van der Waals surface area contributed by atoms with Gasteiger partial charge in [-0.15, -0.1) is 0 Å². The number of esters is 1. The van der Waals surface area contributed by atoms with E-state index in [2.05, 4.69) is 6.58 Å². The largest absolute Gasteiger partial charge is 0.507 e. The van der Waals surface area contributed by atoms with Crippen LogP contribution >= 0.6 is 0 Å². The number of ether oxygens (including phenoxy) is 1. The number of fused-ring (bicyclic) bond motifs is 1. The quantitative estimate of drug-likeness (QED) is 0.456. The molecule has 1 aromatic carbocycles. The van der Waals surface area contributed by atoms with Crippen LogP contribution in [0.1, 0.15) is 64.7 Å². The van der Waals surface area contributed by atoms with E-state index in [0.717, 1.165) is 42.4 Å². The van der Waals surface area contributed by atoms with Crippen molar-refractivity contribution in [2.45, 2.75) is 52.1 Å². The highest BCUT2D eigenvalue weighted by molar-refractivity contribution is 5.98. The summed E-state index contributed by atoms with van der Waals surface area (Å²) in [4.78, 5) is 23.6. The molecule has 2 aliphatic rings. The predicted octanol–water partition coefficient (Wildman–Crippen LogP) is 4.39. The molecule has 1 saturated carbocycles. The summed E-state index contributed by atoms with van der Waals surface area (Å²) in [7, 11) is 0. The van der Waals surface area contributed by atoms with Crippen LogP contribution in [0, 0.1) is 18.8 Å². The third-order valence-corrected chi connectivity index (χ3v) is 5.85. The minimum Gasteiger partial charge on any atom is -0.507 e. The summed E-state index contributed by atoms with van der Waals surface area (Å²) in [6.07, 6.45) is 10.6. The minimum absolute atomic E-state index is 0.000173. The first-order valence-corrected chi connectivity index (χ1v) is 9.52. The number of allylic oxidation sites excluding steroid dienone is 2. The first-order valence-electron chi connectivity index (χ1n) is 9.52. The Morgan fingerprint density at radius 2 is 2.04 bits per heavy atom. The smallest absolute Gasteiger partial charge is 0.342 e.